The van der Waals surface area contributed by atoms with Crippen LogP contribution in [0.5, 0.6) is 0 Å². The van der Waals surface area contributed by atoms with Crippen LogP contribution in [0, 0.1) is 5.92 Å². The van der Waals surface area contributed by atoms with E-state index in [2.05, 4.69) is 19.2 Å². The van der Waals surface area contributed by atoms with Gasteiger partial charge in [-0.25, -0.2) is 0 Å². The molecule has 0 aliphatic carbocycles. The van der Waals surface area contributed by atoms with E-state index in [9.17, 15) is 4.79 Å². The van der Waals surface area contributed by atoms with Crippen molar-refractivity contribution in [3.63, 3.8) is 0 Å². The number of aliphatic hydroxyl groups excluding tert-OH is 1. The molecule has 2 N–H and O–H groups in total. The highest BCUT2D eigenvalue weighted by molar-refractivity contribution is 5.75. The van der Waals surface area contributed by atoms with Gasteiger partial charge in [0.1, 0.15) is 0 Å². The Morgan fingerprint density at radius 2 is 0.972 bits per heavy atom. The second kappa shape index (κ2) is 30.5. The second-order valence-corrected chi connectivity index (χ2v) is 10.5. The summed E-state index contributed by atoms with van der Waals surface area (Å²) in [5, 5.41) is 11.5. The lowest BCUT2D eigenvalue weighted by atomic mass is 10.0. The number of amides is 1. The number of ether oxygens (including phenoxy) is 3. The zero-order valence-corrected chi connectivity index (χ0v) is 24.0. The Balaban J connectivity index is 3.14. The molecule has 0 fully saturated rings. The fourth-order valence-electron chi connectivity index (χ4n) is 4.27. The molecular weight excluding hydrogens is 454 g/mol. The smallest absolute Gasteiger partial charge is 0.220 e. The first-order valence-electron chi connectivity index (χ1n) is 15.3. The molecule has 0 rings (SSSR count). The van der Waals surface area contributed by atoms with Gasteiger partial charge in [-0.2, -0.15) is 0 Å². The average Bonchev–Trinajstić information content (AvgIpc) is 2.86. The SMILES string of the molecule is CC(C)CCCCCCCCCCCCCCCCCCC(=O)NCCOCCOCCOCCO. The molecule has 0 atom stereocenters. The predicted octanol–water partition coefficient (Wildman–Crippen LogP) is 6.82. The third kappa shape index (κ3) is 31.3. The van der Waals surface area contributed by atoms with Crippen molar-refractivity contribution < 1.29 is 24.1 Å². The van der Waals surface area contributed by atoms with Crippen LogP contribution in [-0.4, -0.2) is 63.8 Å². The molecule has 0 spiro atoms. The van der Waals surface area contributed by atoms with Gasteiger partial charge in [-0.1, -0.05) is 117 Å². The quantitative estimate of drug-likeness (QED) is 0.103. The molecule has 36 heavy (non-hydrogen) atoms. The zero-order valence-electron chi connectivity index (χ0n) is 24.0. The van der Waals surface area contributed by atoms with Crippen LogP contribution in [0.3, 0.4) is 0 Å². The van der Waals surface area contributed by atoms with Crippen molar-refractivity contribution in [1.29, 1.82) is 0 Å². The highest BCUT2D eigenvalue weighted by Gasteiger charge is 2.01. The number of carbonyl (C=O) groups excluding carboxylic acids is 1. The van der Waals surface area contributed by atoms with Gasteiger partial charge >= 0.3 is 0 Å². The number of rotatable bonds is 30. The van der Waals surface area contributed by atoms with Gasteiger partial charge in [0.15, 0.2) is 0 Å². The lowest BCUT2D eigenvalue weighted by molar-refractivity contribution is -0.121. The fourth-order valence-corrected chi connectivity index (χ4v) is 4.27. The molecule has 0 aromatic heterocycles. The summed E-state index contributed by atoms with van der Waals surface area (Å²) >= 11 is 0. The van der Waals surface area contributed by atoms with Crippen LogP contribution in [0.4, 0.5) is 0 Å². The summed E-state index contributed by atoms with van der Waals surface area (Å²) in [4.78, 5) is 11.9. The molecule has 0 aliphatic heterocycles. The zero-order chi connectivity index (χ0) is 26.4. The van der Waals surface area contributed by atoms with Crippen molar-refractivity contribution in [2.24, 2.45) is 5.92 Å². The first-order valence-corrected chi connectivity index (χ1v) is 15.3. The van der Waals surface area contributed by atoms with E-state index in [1.807, 2.05) is 0 Å². The maximum Gasteiger partial charge on any atom is 0.220 e. The minimum atomic E-state index is 0.0358. The van der Waals surface area contributed by atoms with Crippen LogP contribution < -0.4 is 5.32 Å². The second-order valence-electron chi connectivity index (χ2n) is 10.5. The highest BCUT2D eigenvalue weighted by atomic mass is 16.5. The Kier molecular flexibility index (Phi) is 29.9. The lowest BCUT2D eigenvalue weighted by Crippen LogP contribution is -2.27. The van der Waals surface area contributed by atoms with Crippen LogP contribution in [-0.2, 0) is 19.0 Å². The molecule has 0 unspecified atom stereocenters. The number of unbranched alkanes of at least 4 members (excludes halogenated alkanes) is 15. The van der Waals surface area contributed by atoms with E-state index in [1.54, 1.807) is 0 Å². The standard InChI is InChI=1S/C30H61NO5/c1-29(2)19-17-15-13-11-9-7-5-3-4-6-8-10-12-14-16-18-20-30(33)31-21-23-34-25-27-36-28-26-35-24-22-32/h29,32H,3-28H2,1-2H3,(H,31,33). The third-order valence-electron chi connectivity index (χ3n) is 6.48. The first kappa shape index (κ1) is 35.3. The first-order chi connectivity index (χ1) is 17.7. The molecular formula is C30H61NO5. The van der Waals surface area contributed by atoms with Crippen LogP contribution in [0.15, 0.2) is 0 Å². The maximum absolute atomic E-state index is 11.9. The summed E-state index contributed by atoms with van der Waals surface area (Å²) in [6.07, 6.45) is 23.7. The van der Waals surface area contributed by atoms with Crippen molar-refractivity contribution in [3.05, 3.63) is 0 Å². The van der Waals surface area contributed by atoms with E-state index in [0.717, 1.165) is 18.8 Å². The van der Waals surface area contributed by atoms with Gasteiger partial charge in [-0.15, -0.1) is 0 Å². The highest BCUT2D eigenvalue weighted by Crippen LogP contribution is 2.15. The molecule has 1 amide bonds. The monoisotopic (exact) mass is 515 g/mol. The molecule has 0 saturated heterocycles. The fraction of sp³-hybridized carbons (Fsp3) is 0.967. The molecule has 0 heterocycles. The van der Waals surface area contributed by atoms with Gasteiger partial charge in [0, 0.05) is 13.0 Å². The van der Waals surface area contributed by atoms with Crippen LogP contribution in [0.1, 0.15) is 129 Å². The van der Waals surface area contributed by atoms with Crippen LogP contribution in [0.2, 0.25) is 0 Å². The van der Waals surface area contributed by atoms with Crippen LogP contribution >= 0.6 is 0 Å². The molecule has 6 heteroatoms. The van der Waals surface area contributed by atoms with Gasteiger partial charge in [0.2, 0.25) is 5.91 Å². The molecule has 0 saturated carbocycles. The topological polar surface area (TPSA) is 77.0 Å². The van der Waals surface area contributed by atoms with Crippen LogP contribution in [0.25, 0.3) is 0 Å². The number of hydrogen-bond acceptors (Lipinski definition) is 5. The predicted molar refractivity (Wildman–Crippen MR) is 150 cm³/mol. The minimum absolute atomic E-state index is 0.0358. The van der Waals surface area contributed by atoms with Gasteiger partial charge < -0.3 is 24.6 Å². The number of aliphatic hydroxyl groups is 1. The average molecular weight is 516 g/mol. The molecule has 0 aromatic carbocycles. The number of carbonyl (C=O) groups is 1. The van der Waals surface area contributed by atoms with Gasteiger partial charge in [0.05, 0.1) is 46.2 Å². The Morgan fingerprint density at radius 3 is 1.42 bits per heavy atom. The summed E-state index contributed by atoms with van der Waals surface area (Å²) in [5.41, 5.74) is 0. The lowest BCUT2D eigenvalue weighted by Gasteiger charge is -2.07. The summed E-state index contributed by atoms with van der Waals surface area (Å²) in [5.74, 6) is 0.996. The van der Waals surface area contributed by atoms with E-state index >= 15 is 0 Å². The minimum Gasteiger partial charge on any atom is -0.394 e. The largest absolute Gasteiger partial charge is 0.394 e. The van der Waals surface area contributed by atoms with Gasteiger partial charge in [-0.3, -0.25) is 4.79 Å². The van der Waals surface area contributed by atoms with E-state index in [-0.39, 0.29) is 12.5 Å². The number of nitrogens with one attached hydrogen (secondary N) is 1. The Hall–Kier alpha value is -0.690. The van der Waals surface area contributed by atoms with Crippen molar-refractivity contribution in [1.82, 2.24) is 5.32 Å². The molecule has 0 aliphatic rings. The van der Waals surface area contributed by atoms with Crippen molar-refractivity contribution in [2.45, 2.75) is 129 Å². The number of hydrogen-bond donors (Lipinski definition) is 2. The molecule has 216 valence electrons. The van der Waals surface area contributed by atoms with E-state index in [4.69, 9.17) is 19.3 Å². The summed E-state index contributed by atoms with van der Waals surface area (Å²) < 4.78 is 15.9. The molecule has 0 aromatic rings. The van der Waals surface area contributed by atoms with Crippen molar-refractivity contribution >= 4 is 5.91 Å². The molecule has 0 radical (unpaired) electrons. The summed E-state index contributed by atoms with van der Waals surface area (Å²) in [6.45, 7) is 8.09. The molecule has 6 nitrogen and oxygen atoms in total. The summed E-state index contributed by atoms with van der Waals surface area (Å²) in [7, 11) is 0. The molecule has 0 bridgehead atoms. The normalized spacial score (nSPS) is 11.4. The van der Waals surface area contributed by atoms with E-state index < -0.39 is 0 Å². The van der Waals surface area contributed by atoms with Gasteiger partial charge in [-0.05, 0) is 12.3 Å². The van der Waals surface area contributed by atoms with Crippen molar-refractivity contribution in [3.8, 4) is 0 Å². The third-order valence-corrected chi connectivity index (χ3v) is 6.48. The van der Waals surface area contributed by atoms with E-state index in [1.165, 1.54) is 96.3 Å². The Labute approximate surface area is 223 Å². The Morgan fingerprint density at radius 1 is 0.583 bits per heavy atom. The van der Waals surface area contributed by atoms with E-state index in [0.29, 0.717) is 52.6 Å². The van der Waals surface area contributed by atoms with Crippen molar-refractivity contribution in [2.75, 3.05) is 52.8 Å². The van der Waals surface area contributed by atoms with Gasteiger partial charge in [0.25, 0.3) is 0 Å². The maximum atomic E-state index is 11.9. The Bertz CT molecular complexity index is 434. The summed E-state index contributed by atoms with van der Waals surface area (Å²) in [6, 6.07) is 0.